The molecule has 84 valence electrons. The highest BCUT2D eigenvalue weighted by Crippen LogP contribution is 2.28. The number of rotatable bonds is 2. The average Bonchev–Trinajstić information content (AvgIpc) is 2.34. The number of halogens is 1. The molecule has 0 saturated carbocycles. The predicted octanol–water partition coefficient (Wildman–Crippen LogP) is 1.86. The largest absolute Gasteiger partial charge is 0.434 e. The van der Waals surface area contributed by atoms with Gasteiger partial charge in [0.25, 0.3) is 5.88 Å². The van der Waals surface area contributed by atoms with Gasteiger partial charge >= 0.3 is 0 Å². The molecule has 1 aromatic heterocycles. The molecule has 0 radical (unpaired) electrons. The molecule has 0 aliphatic heterocycles. The van der Waals surface area contributed by atoms with E-state index in [1.54, 1.807) is 0 Å². The minimum absolute atomic E-state index is 0.00713. The Morgan fingerprint density at radius 2 is 2.18 bits per heavy atom. The Morgan fingerprint density at radius 1 is 1.35 bits per heavy atom. The zero-order chi connectivity index (χ0) is 12.3. The van der Waals surface area contributed by atoms with Gasteiger partial charge in [-0.3, -0.25) is 0 Å². The van der Waals surface area contributed by atoms with E-state index in [2.05, 4.69) is 10.2 Å². The number of nitrogen functional groups attached to an aromatic ring is 1. The lowest BCUT2D eigenvalue weighted by Gasteiger charge is -2.07. The molecular weight excluding hydrogens is 223 g/mol. The minimum Gasteiger partial charge on any atom is -0.434 e. The molecule has 2 N–H and O–H groups in total. The standard InChI is InChI=1S/C11H7FN4O/c12-8-1-2-9(14)10(5-8)17-11-7(6-13)3-4-15-16-11/h1-5H,14H2. The molecule has 17 heavy (non-hydrogen) atoms. The first kappa shape index (κ1) is 10.8. The number of hydrogen-bond acceptors (Lipinski definition) is 5. The van der Waals surface area contributed by atoms with Crippen LogP contribution in [0.15, 0.2) is 30.5 Å². The van der Waals surface area contributed by atoms with Crippen molar-refractivity contribution in [2.45, 2.75) is 0 Å². The van der Waals surface area contributed by atoms with E-state index in [4.69, 9.17) is 15.7 Å². The number of ether oxygens (including phenoxy) is 1. The Morgan fingerprint density at radius 3 is 2.94 bits per heavy atom. The molecule has 0 fully saturated rings. The summed E-state index contributed by atoms with van der Waals surface area (Å²) in [5, 5.41) is 16.0. The van der Waals surface area contributed by atoms with Gasteiger partial charge in [0.2, 0.25) is 0 Å². The molecule has 0 unspecified atom stereocenters. The van der Waals surface area contributed by atoms with Gasteiger partial charge in [-0.25, -0.2) is 4.39 Å². The molecule has 0 spiro atoms. The molecule has 0 bridgehead atoms. The first-order valence-corrected chi connectivity index (χ1v) is 4.65. The third-order valence-corrected chi connectivity index (χ3v) is 1.99. The molecule has 1 aromatic carbocycles. The summed E-state index contributed by atoms with van der Waals surface area (Å²) in [4.78, 5) is 0. The van der Waals surface area contributed by atoms with Gasteiger partial charge in [0.05, 0.1) is 11.9 Å². The normalized spacial score (nSPS) is 9.65. The molecule has 1 heterocycles. The summed E-state index contributed by atoms with van der Waals surface area (Å²) in [7, 11) is 0. The number of nitrogens with two attached hydrogens (primary N) is 1. The summed E-state index contributed by atoms with van der Waals surface area (Å²) in [5.74, 6) is -0.397. The highest BCUT2D eigenvalue weighted by molar-refractivity contribution is 5.54. The van der Waals surface area contributed by atoms with Gasteiger partial charge in [0, 0.05) is 6.07 Å². The Bertz CT molecular complexity index is 594. The van der Waals surface area contributed by atoms with Crippen molar-refractivity contribution in [2.24, 2.45) is 0 Å². The maximum atomic E-state index is 13.0. The molecule has 6 heteroatoms. The van der Waals surface area contributed by atoms with Gasteiger partial charge < -0.3 is 10.5 Å². The first-order valence-electron chi connectivity index (χ1n) is 4.65. The second-order valence-electron chi connectivity index (χ2n) is 3.15. The molecule has 2 aromatic rings. The molecule has 5 nitrogen and oxygen atoms in total. The third-order valence-electron chi connectivity index (χ3n) is 1.99. The number of aromatic nitrogens is 2. The third kappa shape index (κ3) is 2.29. The number of hydrogen-bond donors (Lipinski definition) is 1. The van der Waals surface area contributed by atoms with Gasteiger partial charge in [0.15, 0.2) is 5.75 Å². The zero-order valence-electron chi connectivity index (χ0n) is 8.59. The van der Waals surface area contributed by atoms with Crippen LogP contribution in [0.25, 0.3) is 0 Å². The number of benzene rings is 1. The summed E-state index contributed by atoms with van der Waals surface area (Å²) in [6.07, 6.45) is 1.36. The van der Waals surface area contributed by atoms with Crippen LogP contribution in [-0.2, 0) is 0 Å². The van der Waals surface area contributed by atoms with Crippen LogP contribution in [0.1, 0.15) is 5.56 Å². The minimum atomic E-state index is -0.489. The highest BCUT2D eigenvalue weighted by Gasteiger charge is 2.09. The molecule has 0 aliphatic rings. The maximum absolute atomic E-state index is 13.0. The number of anilines is 1. The van der Waals surface area contributed by atoms with Crippen LogP contribution in [-0.4, -0.2) is 10.2 Å². The fourth-order valence-corrected chi connectivity index (χ4v) is 1.18. The van der Waals surface area contributed by atoms with Crippen molar-refractivity contribution in [1.82, 2.24) is 10.2 Å². The topological polar surface area (TPSA) is 84.8 Å². The van der Waals surface area contributed by atoms with Crippen LogP contribution >= 0.6 is 0 Å². The summed E-state index contributed by atoms with van der Waals surface area (Å²) in [6, 6.07) is 7.03. The van der Waals surface area contributed by atoms with E-state index in [0.717, 1.165) is 6.07 Å². The van der Waals surface area contributed by atoms with Crippen molar-refractivity contribution in [3.05, 3.63) is 41.8 Å². The van der Waals surface area contributed by atoms with E-state index >= 15 is 0 Å². The van der Waals surface area contributed by atoms with E-state index in [0.29, 0.717) is 0 Å². The van der Waals surface area contributed by atoms with Gasteiger partial charge in [-0.2, -0.15) is 10.4 Å². The summed E-state index contributed by atoms with van der Waals surface area (Å²) in [5.41, 5.74) is 6.05. The fourth-order valence-electron chi connectivity index (χ4n) is 1.18. The van der Waals surface area contributed by atoms with Crippen LogP contribution in [0.5, 0.6) is 11.6 Å². The summed E-state index contributed by atoms with van der Waals surface area (Å²) in [6.45, 7) is 0. The van der Waals surface area contributed by atoms with Gasteiger partial charge in [-0.1, -0.05) is 0 Å². The molecule has 0 atom stereocenters. The average molecular weight is 230 g/mol. The SMILES string of the molecule is N#Cc1ccnnc1Oc1cc(F)ccc1N. The lowest BCUT2D eigenvalue weighted by Crippen LogP contribution is -1.97. The van der Waals surface area contributed by atoms with Crippen molar-refractivity contribution >= 4 is 5.69 Å². The summed E-state index contributed by atoms with van der Waals surface area (Å²) >= 11 is 0. The van der Waals surface area contributed by atoms with E-state index < -0.39 is 5.82 Å². The van der Waals surface area contributed by atoms with Crippen molar-refractivity contribution < 1.29 is 9.13 Å². The van der Waals surface area contributed by atoms with E-state index in [1.165, 1.54) is 24.4 Å². The van der Waals surface area contributed by atoms with Crippen molar-refractivity contribution in [1.29, 1.82) is 5.26 Å². The van der Waals surface area contributed by atoms with Gasteiger partial charge in [0.1, 0.15) is 17.4 Å². The van der Waals surface area contributed by atoms with Gasteiger partial charge in [-0.15, -0.1) is 5.10 Å². The predicted molar refractivity (Wildman–Crippen MR) is 57.6 cm³/mol. The lowest BCUT2D eigenvalue weighted by molar-refractivity contribution is 0.451. The number of nitriles is 1. The molecule has 0 aliphatic carbocycles. The van der Waals surface area contributed by atoms with E-state index in [-0.39, 0.29) is 22.9 Å². The highest BCUT2D eigenvalue weighted by atomic mass is 19.1. The second kappa shape index (κ2) is 4.45. The van der Waals surface area contributed by atoms with Crippen LogP contribution in [0, 0.1) is 17.1 Å². The van der Waals surface area contributed by atoms with Gasteiger partial charge in [-0.05, 0) is 18.2 Å². The van der Waals surface area contributed by atoms with Crippen LogP contribution in [0.3, 0.4) is 0 Å². The van der Waals surface area contributed by atoms with Crippen LogP contribution in [0.2, 0.25) is 0 Å². The van der Waals surface area contributed by atoms with E-state index in [1.807, 2.05) is 6.07 Å². The Labute approximate surface area is 96.3 Å². The Kier molecular flexibility index (Phi) is 2.83. The zero-order valence-corrected chi connectivity index (χ0v) is 8.59. The smallest absolute Gasteiger partial charge is 0.257 e. The fraction of sp³-hybridized carbons (Fsp3) is 0. The van der Waals surface area contributed by atoms with Crippen LogP contribution < -0.4 is 10.5 Å². The maximum Gasteiger partial charge on any atom is 0.257 e. The van der Waals surface area contributed by atoms with Crippen molar-refractivity contribution in [2.75, 3.05) is 5.73 Å². The monoisotopic (exact) mass is 230 g/mol. The second-order valence-corrected chi connectivity index (χ2v) is 3.15. The summed E-state index contributed by atoms with van der Waals surface area (Å²) < 4.78 is 18.2. The first-order chi connectivity index (χ1) is 8.20. The van der Waals surface area contributed by atoms with Crippen molar-refractivity contribution in [3.63, 3.8) is 0 Å². The Balaban J connectivity index is 2.38. The van der Waals surface area contributed by atoms with E-state index in [9.17, 15) is 4.39 Å². The molecule has 0 amide bonds. The quantitative estimate of drug-likeness (QED) is 0.796. The lowest BCUT2D eigenvalue weighted by atomic mass is 10.3. The number of nitrogens with zero attached hydrogens (tertiary/aromatic N) is 3. The Hall–Kier alpha value is -2.68. The van der Waals surface area contributed by atoms with Crippen molar-refractivity contribution in [3.8, 4) is 17.7 Å². The molecular formula is C11H7FN4O. The van der Waals surface area contributed by atoms with Crippen LogP contribution in [0.4, 0.5) is 10.1 Å². The molecule has 2 rings (SSSR count). The molecule has 0 saturated heterocycles.